The number of carbonyl (C=O) groups is 3. The van der Waals surface area contributed by atoms with Crippen LogP contribution in [0.1, 0.15) is 28.3 Å². The molecule has 3 amide bonds. The van der Waals surface area contributed by atoms with E-state index in [1.54, 1.807) is 17.8 Å². The number of rotatable bonds is 4. The van der Waals surface area contributed by atoms with Gasteiger partial charge in [-0.15, -0.1) is 11.8 Å². The SMILES string of the molecule is Cc1cccc(NC(=O)CN2C(=O)[C@@H]3[C@H]4C[C@@H]([C@@H]3C2=O)[C@@H]2[C@@H](c3ccccc3)c3sc(=O)[nH]c3S[C@@H]42)c1. The van der Waals surface area contributed by atoms with Crippen LogP contribution in [0.3, 0.4) is 0 Å². The van der Waals surface area contributed by atoms with Crippen LogP contribution in [0.4, 0.5) is 5.69 Å². The summed E-state index contributed by atoms with van der Waals surface area (Å²) >= 11 is 2.93. The molecular weight excluding hydrogens is 506 g/mol. The monoisotopic (exact) mass is 531 g/mol. The predicted octanol–water partition coefficient (Wildman–Crippen LogP) is 3.86. The molecule has 9 heteroatoms. The van der Waals surface area contributed by atoms with Gasteiger partial charge in [0.25, 0.3) is 0 Å². The summed E-state index contributed by atoms with van der Waals surface area (Å²) in [5, 5.41) is 3.87. The van der Waals surface area contributed by atoms with E-state index in [-0.39, 0.29) is 64.0 Å². The Morgan fingerprint density at radius 3 is 2.54 bits per heavy atom. The van der Waals surface area contributed by atoms with Crippen molar-refractivity contribution in [3.63, 3.8) is 0 Å². The zero-order valence-electron chi connectivity index (χ0n) is 20.0. The summed E-state index contributed by atoms with van der Waals surface area (Å²) in [5.41, 5.74) is 2.81. The van der Waals surface area contributed by atoms with E-state index in [0.29, 0.717) is 5.69 Å². The molecule has 0 unspecified atom stereocenters. The Morgan fingerprint density at radius 2 is 1.78 bits per heavy atom. The van der Waals surface area contributed by atoms with Crippen molar-refractivity contribution in [3.05, 3.63) is 80.3 Å². The number of amides is 3. The maximum atomic E-state index is 13.7. The van der Waals surface area contributed by atoms with Gasteiger partial charge in [0.15, 0.2) is 0 Å². The number of carbonyl (C=O) groups excluding carboxylic acids is 3. The van der Waals surface area contributed by atoms with Crippen LogP contribution in [0, 0.1) is 36.5 Å². The number of hydrogen-bond acceptors (Lipinski definition) is 6. The third-order valence-corrected chi connectivity index (χ3v) is 11.2. The molecule has 1 saturated heterocycles. The van der Waals surface area contributed by atoms with Gasteiger partial charge < -0.3 is 10.3 Å². The first-order chi connectivity index (χ1) is 17.9. The first-order valence-corrected chi connectivity index (χ1v) is 14.3. The third-order valence-electron chi connectivity index (χ3n) is 8.58. The summed E-state index contributed by atoms with van der Waals surface area (Å²) in [6.45, 7) is 1.68. The molecule has 2 aromatic carbocycles. The van der Waals surface area contributed by atoms with Crippen LogP contribution in [-0.2, 0) is 14.4 Å². The lowest BCUT2D eigenvalue weighted by Crippen LogP contribution is -2.42. The fourth-order valence-electron chi connectivity index (χ4n) is 7.33. The summed E-state index contributed by atoms with van der Waals surface area (Å²) in [4.78, 5) is 57.5. The fourth-order valence-corrected chi connectivity index (χ4v) is 10.2. The first kappa shape index (κ1) is 23.0. The maximum absolute atomic E-state index is 13.7. The number of anilines is 1. The Labute approximate surface area is 221 Å². The van der Waals surface area contributed by atoms with Crippen LogP contribution in [0.25, 0.3) is 0 Å². The van der Waals surface area contributed by atoms with Crippen molar-refractivity contribution in [1.29, 1.82) is 0 Å². The normalized spacial score (nSPS) is 31.3. The van der Waals surface area contributed by atoms with Gasteiger partial charge >= 0.3 is 4.87 Å². The molecule has 188 valence electrons. The van der Waals surface area contributed by atoms with Crippen LogP contribution in [0.5, 0.6) is 0 Å². The number of nitrogens with one attached hydrogen (secondary N) is 2. The molecule has 37 heavy (non-hydrogen) atoms. The number of imide groups is 1. The van der Waals surface area contributed by atoms with Crippen LogP contribution >= 0.6 is 23.1 Å². The van der Waals surface area contributed by atoms with Gasteiger partial charge in [-0.05, 0) is 54.4 Å². The molecule has 2 bridgehead atoms. The first-order valence-electron chi connectivity index (χ1n) is 12.6. The van der Waals surface area contributed by atoms with Crippen LogP contribution < -0.4 is 10.2 Å². The number of thiazole rings is 1. The van der Waals surface area contributed by atoms with E-state index in [4.69, 9.17) is 0 Å². The Kier molecular flexibility index (Phi) is 5.23. The molecule has 1 aromatic heterocycles. The van der Waals surface area contributed by atoms with Crippen molar-refractivity contribution in [3.8, 4) is 0 Å². The number of thioether (sulfide) groups is 1. The van der Waals surface area contributed by atoms with E-state index in [1.165, 1.54) is 16.2 Å². The highest BCUT2D eigenvalue weighted by Gasteiger charge is 2.69. The van der Waals surface area contributed by atoms with E-state index < -0.39 is 5.92 Å². The third kappa shape index (κ3) is 3.47. The average Bonchev–Trinajstić information content (AvgIpc) is 3.60. The van der Waals surface area contributed by atoms with Crippen molar-refractivity contribution < 1.29 is 14.4 Å². The number of aromatic amines is 1. The van der Waals surface area contributed by atoms with Crippen molar-refractivity contribution in [2.24, 2.45) is 29.6 Å². The number of aromatic nitrogens is 1. The summed E-state index contributed by atoms with van der Waals surface area (Å²) in [6, 6.07) is 17.6. The Hall–Kier alpha value is -3.17. The second kappa shape index (κ2) is 8.43. The molecular formula is C28H25N3O4S2. The molecule has 0 spiro atoms. The Morgan fingerprint density at radius 1 is 1.03 bits per heavy atom. The summed E-state index contributed by atoms with van der Waals surface area (Å²) < 4.78 is 0. The highest BCUT2D eigenvalue weighted by atomic mass is 32.2. The lowest BCUT2D eigenvalue weighted by Gasteiger charge is -2.43. The van der Waals surface area contributed by atoms with Gasteiger partial charge in [-0.1, -0.05) is 53.8 Å². The standard InChI is InChI=1S/C28H25N3O4S2/c1-13-6-5-9-15(10-13)29-18(32)12-31-26(33)21-16-11-17(22(21)27(31)34)23-20(16)19(14-7-3-2-4-8-14)24-25(36-23)30-28(35)37-24/h2-10,16-17,19-23H,11-12H2,1H3,(H,29,32)(H,30,35)/t16-,17-,19-,20-,21+,22-,23+/m1/s1. The quantitative estimate of drug-likeness (QED) is 0.498. The smallest absolute Gasteiger partial charge is 0.305 e. The van der Waals surface area contributed by atoms with Gasteiger partial charge in [-0.2, -0.15) is 0 Å². The second-order valence-electron chi connectivity index (χ2n) is 10.6. The molecule has 2 saturated carbocycles. The topological polar surface area (TPSA) is 99.3 Å². The van der Waals surface area contributed by atoms with E-state index in [9.17, 15) is 19.2 Å². The van der Waals surface area contributed by atoms with E-state index in [0.717, 1.165) is 27.5 Å². The molecule has 7 atom stereocenters. The molecule has 4 aliphatic rings. The minimum Gasteiger partial charge on any atom is -0.325 e. The minimum absolute atomic E-state index is 0.0175. The zero-order chi connectivity index (χ0) is 25.4. The average molecular weight is 532 g/mol. The molecule has 2 aliphatic carbocycles. The largest absolute Gasteiger partial charge is 0.325 e. The lowest BCUT2D eigenvalue weighted by molar-refractivity contribution is -0.143. The summed E-state index contributed by atoms with van der Waals surface area (Å²) in [6.07, 6.45) is 0.834. The van der Waals surface area contributed by atoms with Crippen LogP contribution in [-0.4, -0.2) is 39.4 Å². The number of benzene rings is 2. The molecule has 3 fully saturated rings. The Bertz CT molecular complexity index is 1500. The summed E-state index contributed by atoms with van der Waals surface area (Å²) in [5.74, 6) is -1.31. The fraction of sp³-hybridized carbons (Fsp3) is 0.357. The van der Waals surface area contributed by atoms with Gasteiger partial charge in [0.05, 0.1) is 16.9 Å². The van der Waals surface area contributed by atoms with E-state index >= 15 is 0 Å². The van der Waals surface area contributed by atoms with Gasteiger partial charge in [0.1, 0.15) is 6.54 Å². The maximum Gasteiger partial charge on any atom is 0.305 e. The number of hydrogen-bond donors (Lipinski definition) is 2. The van der Waals surface area contributed by atoms with Crippen LogP contribution in [0.15, 0.2) is 64.4 Å². The lowest BCUT2D eigenvalue weighted by atomic mass is 9.68. The molecule has 3 aromatic rings. The number of aryl methyl sites for hydroxylation is 1. The summed E-state index contributed by atoms with van der Waals surface area (Å²) in [7, 11) is 0. The van der Waals surface area contributed by atoms with Gasteiger partial charge in [0.2, 0.25) is 17.7 Å². The molecule has 2 N–H and O–H groups in total. The predicted molar refractivity (Wildman–Crippen MR) is 141 cm³/mol. The highest BCUT2D eigenvalue weighted by Crippen LogP contribution is 2.68. The minimum atomic E-state index is -0.394. The van der Waals surface area contributed by atoms with Gasteiger partial charge in [0, 0.05) is 21.7 Å². The van der Waals surface area contributed by atoms with Crippen molar-refractivity contribution in [2.75, 3.05) is 11.9 Å². The zero-order valence-corrected chi connectivity index (χ0v) is 21.7. The number of H-pyrrole nitrogens is 1. The molecule has 0 radical (unpaired) electrons. The number of nitrogens with zero attached hydrogens (tertiary/aromatic N) is 1. The Balaban J connectivity index is 1.19. The van der Waals surface area contributed by atoms with Crippen molar-refractivity contribution >= 4 is 46.5 Å². The van der Waals surface area contributed by atoms with Crippen molar-refractivity contribution in [1.82, 2.24) is 9.88 Å². The second-order valence-corrected chi connectivity index (χ2v) is 12.8. The van der Waals surface area contributed by atoms with Crippen molar-refractivity contribution in [2.45, 2.75) is 29.5 Å². The van der Waals surface area contributed by atoms with E-state index in [2.05, 4.69) is 22.4 Å². The molecule has 7 rings (SSSR count). The van der Waals surface area contributed by atoms with E-state index in [1.807, 2.05) is 43.3 Å². The van der Waals surface area contributed by atoms with Crippen LogP contribution in [0.2, 0.25) is 0 Å². The number of likely N-dealkylation sites (tertiary alicyclic amines) is 1. The van der Waals surface area contributed by atoms with Gasteiger partial charge in [-0.25, -0.2) is 0 Å². The number of fused-ring (bicyclic) bond motifs is 9. The molecule has 2 aliphatic heterocycles. The molecule has 3 heterocycles. The van der Waals surface area contributed by atoms with Gasteiger partial charge in [-0.3, -0.25) is 24.1 Å². The molecule has 7 nitrogen and oxygen atoms in total. The highest BCUT2D eigenvalue weighted by molar-refractivity contribution is 8.00.